The standard InChI is InChI=1S/C11H9BrN2O2S/c12-8-3-7(4-9-10(8)16-6-15-9)5-14-11-13-1-2-17-11/h1-4H,5-6H2,(H,13,14). The van der Waals surface area contributed by atoms with Crippen molar-refractivity contribution in [2.75, 3.05) is 12.1 Å². The number of thiazole rings is 1. The zero-order valence-electron chi connectivity index (χ0n) is 8.77. The third kappa shape index (κ3) is 2.23. The van der Waals surface area contributed by atoms with Crippen molar-refractivity contribution < 1.29 is 9.47 Å². The summed E-state index contributed by atoms with van der Waals surface area (Å²) in [6.07, 6.45) is 1.78. The van der Waals surface area contributed by atoms with Crippen molar-refractivity contribution in [3.8, 4) is 11.5 Å². The van der Waals surface area contributed by atoms with Gasteiger partial charge in [-0.05, 0) is 33.6 Å². The molecule has 1 aliphatic heterocycles. The fourth-order valence-electron chi connectivity index (χ4n) is 1.61. The lowest BCUT2D eigenvalue weighted by molar-refractivity contribution is 0.173. The van der Waals surface area contributed by atoms with E-state index >= 15 is 0 Å². The molecule has 0 saturated heterocycles. The van der Waals surface area contributed by atoms with E-state index in [0.29, 0.717) is 6.54 Å². The largest absolute Gasteiger partial charge is 0.454 e. The Morgan fingerprint density at radius 1 is 1.41 bits per heavy atom. The summed E-state index contributed by atoms with van der Waals surface area (Å²) in [6, 6.07) is 4.00. The number of hydrogen-bond donors (Lipinski definition) is 1. The molecule has 0 radical (unpaired) electrons. The molecule has 0 saturated carbocycles. The van der Waals surface area contributed by atoms with Crippen LogP contribution in [0.25, 0.3) is 0 Å². The maximum Gasteiger partial charge on any atom is 0.231 e. The van der Waals surface area contributed by atoms with Gasteiger partial charge in [-0.1, -0.05) is 0 Å². The molecule has 17 heavy (non-hydrogen) atoms. The summed E-state index contributed by atoms with van der Waals surface area (Å²) in [5.74, 6) is 1.57. The Morgan fingerprint density at radius 2 is 2.35 bits per heavy atom. The number of hydrogen-bond acceptors (Lipinski definition) is 5. The lowest BCUT2D eigenvalue weighted by Gasteiger charge is -2.06. The van der Waals surface area contributed by atoms with Crippen LogP contribution in [-0.2, 0) is 6.54 Å². The van der Waals surface area contributed by atoms with Gasteiger partial charge >= 0.3 is 0 Å². The Labute approximate surface area is 111 Å². The number of rotatable bonds is 3. The molecule has 1 aliphatic rings. The van der Waals surface area contributed by atoms with Crippen molar-refractivity contribution in [1.29, 1.82) is 0 Å². The second-order valence-corrected chi connectivity index (χ2v) is 5.25. The van der Waals surface area contributed by atoms with Gasteiger partial charge < -0.3 is 14.8 Å². The highest BCUT2D eigenvalue weighted by Gasteiger charge is 2.17. The normalized spacial score (nSPS) is 12.8. The Bertz CT molecular complexity index is 531. The first-order valence-corrected chi connectivity index (χ1v) is 6.71. The lowest BCUT2D eigenvalue weighted by atomic mass is 10.2. The Kier molecular flexibility index (Phi) is 2.90. The van der Waals surface area contributed by atoms with Crippen LogP contribution in [0.2, 0.25) is 0 Å². The summed E-state index contributed by atoms with van der Waals surface area (Å²) in [4.78, 5) is 4.17. The number of aromatic nitrogens is 1. The van der Waals surface area contributed by atoms with Crippen LogP contribution in [0.1, 0.15) is 5.56 Å². The van der Waals surface area contributed by atoms with Gasteiger partial charge in [-0.3, -0.25) is 0 Å². The van der Waals surface area contributed by atoms with E-state index in [2.05, 4.69) is 26.2 Å². The van der Waals surface area contributed by atoms with Crippen LogP contribution in [-0.4, -0.2) is 11.8 Å². The third-order valence-corrected chi connectivity index (χ3v) is 3.68. The first-order valence-electron chi connectivity index (χ1n) is 5.04. The molecule has 0 atom stereocenters. The minimum atomic E-state index is 0.289. The highest BCUT2D eigenvalue weighted by atomic mass is 79.9. The minimum absolute atomic E-state index is 0.289. The molecule has 0 fully saturated rings. The number of anilines is 1. The summed E-state index contributed by atoms with van der Waals surface area (Å²) in [5, 5.41) is 6.11. The maximum absolute atomic E-state index is 5.36. The van der Waals surface area contributed by atoms with Gasteiger partial charge in [0.2, 0.25) is 6.79 Å². The molecule has 0 spiro atoms. The van der Waals surface area contributed by atoms with E-state index in [0.717, 1.165) is 26.7 Å². The molecule has 6 heteroatoms. The molecular weight excluding hydrogens is 304 g/mol. The third-order valence-electron chi connectivity index (χ3n) is 2.36. The van der Waals surface area contributed by atoms with E-state index < -0.39 is 0 Å². The first-order chi connectivity index (χ1) is 8.33. The quantitative estimate of drug-likeness (QED) is 0.945. The number of nitrogens with zero attached hydrogens (tertiary/aromatic N) is 1. The Balaban J connectivity index is 1.78. The van der Waals surface area contributed by atoms with Crippen molar-refractivity contribution in [2.24, 2.45) is 0 Å². The molecule has 1 aromatic heterocycles. The van der Waals surface area contributed by atoms with Crippen molar-refractivity contribution in [3.63, 3.8) is 0 Å². The van der Waals surface area contributed by atoms with E-state index in [1.807, 2.05) is 17.5 Å². The smallest absolute Gasteiger partial charge is 0.231 e. The van der Waals surface area contributed by atoms with Gasteiger partial charge in [0.25, 0.3) is 0 Å². The summed E-state index contributed by atoms with van der Waals surface area (Å²) < 4.78 is 11.6. The van der Waals surface area contributed by atoms with Crippen molar-refractivity contribution in [2.45, 2.75) is 6.54 Å². The number of ether oxygens (including phenoxy) is 2. The van der Waals surface area contributed by atoms with Crippen molar-refractivity contribution >= 4 is 32.4 Å². The van der Waals surface area contributed by atoms with E-state index in [1.54, 1.807) is 17.5 Å². The van der Waals surface area contributed by atoms with E-state index in [9.17, 15) is 0 Å². The molecule has 0 bridgehead atoms. The second-order valence-electron chi connectivity index (χ2n) is 3.50. The van der Waals surface area contributed by atoms with Gasteiger partial charge in [-0.2, -0.15) is 0 Å². The number of fused-ring (bicyclic) bond motifs is 1. The van der Waals surface area contributed by atoms with Gasteiger partial charge in [0, 0.05) is 18.1 Å². The maximum atomic E-state index is 5.36. The van der Waals surface area contributed by atoms with Crippen molar-refractivity contribution in [1.82, 2.24) is 4.98 Å². The van der Waals surface area contributed by atoms with Crippen LogP contribution in [0.4, 0.5) is 5.13 Å². The highest BCUT2D eigenvalue weighted by Crippen LogP contribution is 2.40. The molecule has 1 N–H and O–H groups in total. The zero-order valence-corrected chi connectivity index (χ0v) is 11.2. The number of halogens is 1. The van der Waals surface area contributed by atoms with E-state index in [-0.39, 0.29) is 6.79 Å². The molecule has 1 aromatic carbocycles. The molecule has 0 unspecified atom stereocenters. The monoisotopic (exact) mass is 312 g/mol. The highest BCUT2D eigenvalue weighted by molar-refractivity contribution is 9.10. The van der Waals surface area contributed by atoms with E-state index in [1.165, 1.54) is 0 Å². The zero-order chi connectivity index (χ0) is 11.7. The molecule has 4 nitrogen and oxygen atoms in total. The van der Waals surface area contributed by atoms with Gasteiger partial charge in [0.15, 0.2) is 16.6 Å². The molecule has 3 rings (SSSR count). The van der Waals surface area contributed by atoms with Crippen LogP contribution < -0.4 is 14.8 Å². The number of nitrogens with one attached hydrogen (secondary N) is 1. The van der Waals surface area contributed by atoms with Crippen LogP contribution >= 0.6 is 27.3 Å². The molecule has 0 amide bonds. The minimum Gasteiger partial charge on any atom is -0.454 e. The summed E-state index contributed by atoms with van der Waals surface area (Å²) >= 11 is 5.05. The summed E-state index contributed by atoms with van der Waals surface area (Å²) in [6.45, 7) is 1.00. The van der Waals surface area contributed by atoms with Crippen LogP contribution in [0.5, 0.6) is 11.5 Å². The van der Waals surface area contributed by atoms with Gasteiger partial charge in [0.1, 0.15) is 0 Å². The lowest BCUT2D eigenvalue weighted by Crippen LogP contribution is -1.98. The molecule has 2 aromatic rings. The van der Waals surface area contributed by atoms with Crippen LogP contribution in [0, 0.1) is 0 Å². The van der Waals surface area contributed by atoms with E-state index in [4.69, 9.17) is 9.47 Å². The predicted octanol–water partition coefficient (Wildman–Crippen LogP) is 3.25. The van der Waals surface area contributed by atoms with Crippen LogP contribution in [0.15, 0.2) is 28.2 Å². The van der Waals surface area contributed by atoms with Crippen LogP contribution in [0.3, 0.4) is 0 Å². The molecule has 2 heterocycles. The van der Waals surface area contributed by atoms with Gasteiger partial charge in [0.05, 0.1) is 4.47 Å². The first kappa shape index (κ1) is 10.9. The second kappa shape index (κ2) is 4.54. The molecule has 0 aliphatic carbocycles. The average molecular weight is 313 g/mol. The average Bonchev–Trinajstić information content (AvgIpc) is 2.97. The Morgan fingerprint density at radius 3 is 3.18 bits per heavy atom. The van der Waals surface area contributed by atoms with Gasteiger partial charge in [-0.25, -0.2) is 4.98 Å². The number of benzene rings is 1. The Hall–Kier alpha value is -1.27. The van der Waals surface area contributed by atoms with Gasteiger partial charge in [-0.15, -0.1) is 11.3 Å². The predicted molar refractivity (Wildman–Crippen MR) is 69.7 cm³/mol. The topological polar surface area (TPSA) is 43.4 Å². The fraction of sp³-hybridized carbons (Fsp3) is 0.182. The SMILES string of the molecule is Brc1cc(CNc2nccs2)cc2c1OCO2. The summed E-state index contributed by atoms with van der Waals surface area (Å²) in [7, 11) is 0. The summed E-state index contributed by atoms with van der Waals surface area (Å²) in [5.41, 5.74) is 1.12. The van der Waals surface area contributed by atoms with Crippen molar-refractivity contribution in [3.05, 3.63) is 33.7 Å². The fourth-order valence-corrected chi connectivity index (χ4v) is 2.74. The molecule has 88 valence electrons. The molecular formula is C11H9BrN2O2S.